The van der Waals surface area contributed by atoms with E-state index in [2.05, 4.69) is 194 Å². The van der Waals surface area contributed by atoms with E-state index in [1.165, 1.54) is 32.7 Å². The summed E-state index contributed by atoms with van der Waals surface area (Å²) in [5.74, 6) is 1.10. The summed E-state index contributed by atoms with van der Waals surface area (Å²) in [6.45, 7) is 15.9. The molecule has 0 unspecified atom stereocenters. The molecule has 5 nitrogen and oxygen atoms in total. The first-order valence-corrected chi connectivity index (χ1v) is 18.1. The van der Waals surface area contributed by atoms with Crippen molar-refractivity contribution in [1.29, 1.82) is 0 Å². The van der Waals surface area contributed by atoms with Gasteiger partial charge in [0.05, 0.1) is 11.0 Å². The van der Waals surface area contributed by atoms with Gasteiger partial charge in [0.25, 0.3) is 5.82 Å². The van der Waals surface area contributed by atoms with Gasteiger partial charge in [0.15, 0.2) is 0 Å². The number of nitrogens with zero attached hydrogens (tertiary/aromatic N) is 5. The third-order valence-electron chi connectivity index (χ3n) is 10.4. The minimum absolute atomic E-state index is 0. The summed E-state index contributed by atoms with van der Waals surface area (Å²) in [5, 5.41) is 4.76. The molecule has 4 heterocycles. The Hall–Kier alpha value is -5.25. The van der Waals surface area contributed by atoms with Gasteiger partial charge < -0.3 is 9.13 Å². The maximum absolute atomic E-state index is 5.64. The van der Waals surface area contributed by atoms with Crippen molar-refractivity contribution in [3.63, 3.8) is 0 Å². The van der Waals surface area contributed by atoms with Crippen molar-refractivity contribution in [2.24, 2.45) is 0 Å². The quantitative estimate of drug-likeness (QED) is 0.128. The van der Waals surface area contributed by atoms with Crippen molar-refractivity contribution < 1.29 is 25.6 Å². The van der Waals surface area contributed by atoms with E-state index in [-0.39, 0.29) is 31.9 Å². The van der Waals surface area contributed by atoms with Gasteiger partial charge in [-0.1, -0.05) is 101 Å². The number of imidazole rings is 1. The van der Waals surface area contributed by atoms with E-state index < -0.39 is 0 Å². The molecule has 0 bridgehead atoms. The van der Waals surface area contributed by atoms with Crippen LogP contribution < -0.4 is 4.57 Å². The summed E-state index contributed by atoms with van der Waals surface area (Å²) >= 11 is 0. The average Bonchev–Trinajstić information content (AvgIpc) is 3.79. The van der Waals surface area contributed by atoms with Crippen molar-refractivity contribution in [2.75, 3.05) is 0 Å². The third-order valence-corrected chi connectivity index (χ3v) is 10.4. The molecule has 0 aliphatic rings. The van der Waals surface area contributed by atoms with E-state index >= 15 is 0 Å². The minimum atomic E-state index is -0.184. The largest absolute Gasteiger partial charge is 2.00 e. The van der Waals surface area contributed by atoms with Crippen molar-refractivity contribution in [3.05, 3.63) is 157 Å². The molecule has 0 aliphatic carbocycles. The Kier molecular flexibility index (Phi) is 8.35. The molecule has 9 aromatic rings. The molecule has 4 aromatic heterocycles. The van der Waals surface area contributed by atoms with Crippen LogP contribution in [0.3, 0.4) is 0 Å². The Morgan fingerprint density at radius 2 is 1.17 bits per heavy atom. The van der Waals surface area contributed by atoms with Crippen molar-refractivity contribution in [1.82, 2.24) is 18.7 Å². The summed E-state index contributed by atoms with van der Waals surface area (Å²) in [5.41, 5.74) is 10.6. The van der Waals surface area contributed by atoms with Crippen LogP contribution in [0.4, 0.5) is 0 Å². The predicted molar refractivity (Wildman–Crippen MR) is 214 cm³/mol. The standard InChI is InChI=1S/C47H42N5.Pt/c1-31-49(33-26-24-32(25-27-33)46(2,3)4)28-29-50(31)35-18-15-19-36(30-35)52-40-23-14-12-21-38(40)42-43(47(5,6)7)41-37-20-11-13-22-39(37)51(44(41)48-45(42)52)34-16-9-8-10-17-34;/h8-16,18-29H,1-7H3;/q-1;+2. The molecule has 0 saturated heterocycles. The smallest absolute Gasteiger partial charge is 0.318 e. The van der Waals surface area contributed by atoms with E-state index in [0.29, 0.717) is 0 Å². The second kappa shape index (κ2) is 12.7. The maximum Gasteiger partial charge on any atom is 2.00 e. The number of hydrogen-bond donors (Lipinski definition) is 0. The normalized spacial score (nSPS) is 12.3. The van der Waals surface area contributed by atoms with Crippen LogP contribution in [0.15, 0.2) is 128 Å². The summed E-state index contributed by atoms with van der Waals surface area (Å²) in [6, 6.07) is 48.2. The zero-order valence-electron chi connectivity index (χ0n) is 31.2. The maximum atomic E-state index is 5.64. The molecule has 0 radical (unpaired) electrons. The van der Waals surface area contributed by atoms with Gasteiger partial charge in [-0.3, -0.25) is 0 Å². The van der Waals surface area contributed by atoms with Gasteiger partial charge in [-0.05, 0) is 46.2 Å². The van der Waals surface area contributed by atoms with Crippen LogP contribution in [0.25, 0.3) is 66.6 Å². The monoisotopic (exact) mass is 871 g/mol. The average molecular weight is 872 g/mol. The Morgan fingerprint density at radius 3 is 1.75 bits per heavy atom. The molecule has 0 N–H and O–H groups in total. The zero-order chi connectivity index (χ0) is 35.9. The SMILES string of the molecule is Cc1n(-c2[c-]c(-n3c4ccccc4c4c(C(C)(C)C)c5c6ccccc6n(-c6[c-]cccc6)c5nc43)ccc2)cc[n+]1-c1ccc(C(C)(C)C)cc1.[Pt+2]. The second-order valence-corrected chi connectivity index (χ2v) is 15.9. The number of aromatic nitrogens is 5. The molecule has 0 fully saturated rings. The Bertz CT molecular complexity index is 2800. The van der Waals surface area contributed by atoms with E-state index in [1.807, 2.05) is 12.1 Å². The predicted octanol–water partition coefficient (Wildman–Crippen LogP) is 10.8. The first-order valence-electron chi connectivity index (χ1n) is 18.1. The molecular formula is C47H42N5Pt+. The molecule has 6 heteroatoms. The van der Waals surface area contributed by atoms with Gasteiger partial charge in [-0.25, -0.2) is 9.55 Å². The van der Waals surface area contributed by atoms with Crippen LogP contribution in [-0.4, -0.2) is 18.7 Å². The van der Waals surface area contributed by atoms with Gasteiger partial charge in [0.1, 0.15) is 29.4 Å². The number of rotatable bonds is 4. The number of fused-ring (bicyclic) bond motifs is 6. The van der Waals surface area contributed by atoms with Gasteiger partial charge in [0.2, 0.25) is 0 Å². The fourth-order valence-electron chi connectivity index (χ4n) is 7.97. The Morgan fingerprint density at radius 1 is 0.604 bits per heavy atom. The summed E-state index contributed by atoms with van der Waals surface area (Å²) in [7, 11) is 0. The van der Waals surface area contributed by atoms with Crippen LogP contribution >= 0.6 is 0 Å². The van der Waals surface area contributed by atoms with E-state index in [9.17, 15) is 0 Å². The molecule has 9 rings (SSSR count). The van der Waals surface area contributed by atoms with Crippen LogP contribution in [0.2, 0.25) is 0 Å². The molecule has 0 atom stereocenters. The summed E-state index contributed by atoms with van der Waals surface area (Å²) in [6.07, 6.45) is 4.26. The van der Waals surface area contributed by atoms with Gasteiger partial charge >= 0.3 is 21.1 Å². The third kappa shape index (κ3) is 5.56. The van der Waals surface area contributed by atoms with Crippen LogP contribution in [0.5, 0.6) is 0 Å². The molecular weight excluding hydrogens is 830 g/mol. The molecule has 0 spiro atoms. The van der Waals surface area contributed by atoms with E-state index in [1.54, 1.807) is 0 Å². The Balaban J connectivity index is 0.00000400. The Labute approximate surface area is 325 Å². The topological polar surface area (TPSA) is 31.6 Å². The van der Waals surface area contributed by atoms with Crippen molar-refractivity contribution >= 4 is 43.9 Å². The number of para-hydroxylation sites is 3. The second-order valence-electron chi connectivity index (χ2n) is 15.9. The van der Waals surface area contributed by atoms with E-state index in [4.69, 9.17) is 4.98 Å². The van der Waals surface area contributed by atoms with Crippen LogP contribution in [0, 0.1) is 19.1 Å². The molecule has 5 aromatic carbocycles. The van der Waals surface area contributed by atoms with Crippen molar-refractivity contribution in [3.8, 4) is 22.7 Å². The molecule has 0 amide bonds. The fourth-order valence-corrected chi connectivity index (χ4v) is 7.97. The number of benzene rings is 5. The van der Waals surface area contributed by atoms with Crippen LogP contribution in [0.1, 0.15) is 58.5 Å². The zero-order valence-corrected chi connectivity index (χ0v) is 33.4. The fraction of sp³-hybridized carbons (Fsp3) is 0.191. The van der Waals surface area contributed by atoms with Crippen molar-refractivity contribution in [2.45, 2.75) is 59.3 Å². The van der Waals surface area contributed by atoms with E-state index in [0.717, 1.165) is 50.9 Å². The first kappa shape index (κ1) is 34.8. The van der Waals surface area contributed by atoms with Gasteiger partial charge in [-0.15, -0.1) is 24.3 Å². The number of hydrogen-bond acceptors (Lipinski definition) is 1. The molecule has 0 saturated carbocycles. The summed E-state index contributed by atoms with van der Waals surface area (Å²) in [4.78, 5) is 5.64. The number of pyridine rings is 1. The van der Waals surface area contributed by atoms with Gasteiger partial charge in [-0.2, -0.15) is 34.9 Å². The van der Waals surface area contributed by atoms with Crippen LogP contribution in [-0.2, 0) is 31.9 Å². The molecule has 264 valence electrons. The molecule has 53 heavy (non-hydrogen) atoms. The molecule has 0 aliphatic heterocycles. The summed E-state index contributed by atoms with van der Waals surface area (Å²) < 4.78 is 9.03. The first-order chi connectivity index (χ1) is 25.0. The minimum Gasteiger partial charge on any atom is -0.318 e. The van der Waals surface area contributed by atoms with Gasteiger partial charge in [0, 0.05) is 34.2 Å².